The number of nitrogens with one attached hydrogen (secondary N) is 1. The van der Waals surface area contributed by atoms with E-state index in [-0.39, 0.29) is 0 Å². The molecule has 0 saturated carbocycles. The molecule has 0 aliphatic rings. The maximum atomic E-state index is 6.47. The Morgan fingerprint density at radius 2 is 1.16 bits per heavy atom. The number of para-hydroxylation sites is 4. The third-order valence-electron chi connectivity index (χ3n) is 9.33. The molecule has 6 nitrogen and oxygen atoms in total. The minimum absolute atomic E-state index is 0.580. The molecular weight excluding hydrogens is 554 g/mol. The Bertz CT molecular complexity index is 3110. The zero-order valence-electron chi connectivity index (χ0n) is 23.7. The summed E-state index contributed by atoms with van der Waals surface area (Å²) < 4.78 is 8.66. The molecule has 6 aromatic heterocycles. The molecule has 0 saturated heterocycles. The van der Waals surface area contributed by atoms with Crippen molar-refractivity contribution in [1.82, 2.24) is 24.3 Å². The molecule has 0 amide bonds. The normalized spacial score (nSPS) is 12.4. The first-order chi connectivity index (χ1) is 22.3. The summed E-state index contributed by atoms with van der Waals surface area (Å²) in [6.45, 7) is 0. The van der Waals surface area contributed by atoms with Crippen LogP contribution in [0.25, 0.3) is 104 Å². The Kier molecular flexibility index (Phi) is 4.24. The van der Waals surface area contributed by atoms with Gasteiger partial charge in [0.25, 0.3) is 0 Å². The van der Waals surface area contributed by atoms with Gasteiger partial charge in [0.2, 0.25) is 5.78 Å². The number of furan rings is 1. The molecule has 8 bridgehead atoms. The van der Waals surface area contributed by atoms with E-state index in [1.54, 1.807) is 0 Å². The zero-order valence-corrected chi connectivity index (χ0v) is 23.7. The minimum atomic E-state index is 0.580. The molecule has 45 heavy (non-hydrogen) atoms. The molecule has 0 atom stereocenters. The van der Waals surface area contributed by atoms with Gasteiger partial charge in [0.15, 0.2) is 5.58 Å². The fourth-order valence-electron chi connectivity index (χ4n) is 7.32. The standard InChI is InChI=1S/C39H21N5O/c1-3-16-31-23(8-1)24-19-18-21-20-32(24)44(31)39-42-36-28-9-2-4-17-33(28)45-38(36)37(43-39)30-15-7-14-29(40-30)27-13-6-12-26-25-11-5-10-22(21)34(25)41-35(26)27/h1-20,41H. The van der Waals surface area contributed by atoms with Crippen molar-refractivity contribution in [3.8, 4) is 0 Å². The first-order valence-electron chi connectivity index (χ1n) is 15.0. The van der Waals surface area contributed by atoms with Crippen LogP contribution in [0.3, 0.4) is 0 Å². The molecular formula is C39H21N5O. The van der Waals surface area contributed by atoms with Crippen LogP contribution in [0, 0.1) is 0 Å². The van der Waals surface area contributed by atoms with E-state index in [2.05, 4.69) is 100 Å². The average Bonchev–Trinajstić information content (AvgIpc) is 3.77. The molecule has 0 aliphatic heterocycles. The number of H-pyrrole nitrogens is 1. The summed E-state index contributed by atoms with van der Waals surface area (Å²) >= 11 is 0. The fraction of sp³-hybridized carbons (Fsp3) is 0. The Hall–Kier alpha value is -6.27. The van der Waals surface area contributed by atoms with E-state index in [0.717, 1.165) is 76.5 Å². The molecule has 0 radical (unpaired) electrons. The van der Waals surface area contributed by atoms with Gasteiger partial charge in [-0.2, -0.15) is 0 Å². The minimum Gasteiger partial charge on any atom is -0.452 e. The summed E-state index contributed by atoms with van der Waals surface area (Å²) in [7, 11) is 0. The summed E-state index contributed by atoms with van der Waals surface area (Å²) in [5.41, 5.74) is 8.67. The third-order valence-corrected chi connectivity index (χ3v) is 9.33. The van der Waals surface area contributed by atoms with Gasteiger partial charge in [-0.05, 0) is 41.8 Å². The number of aromatic amines is 1. The molecule has 1 N–H and O–H groups in total. The van der Waals surface area contributed by atoms with Crippen LogP contribution in [0.2, 0.25) is 0 Å². The number of pyridine rings is 1. The van der Waals surface area contributed by atoms with E-state index in [1.165, 1.54) is 10.8 Å². The first-order valence-corrected chi connectivity index (χ1v) is 15.0. The molecule has 6 heteroatoms. The van der Waals surface area contributed by atoms with Gasteiger partial charge in [0, 0.05) is 37.7 Å². The molecule has 11 rings (SSSR count). The SMILES string of the molecule is c1cc2nc(c1)c1nc(nc3c4ccccc4oc13)n1c3ccccc3c3ccc(cc31)c1cccc3c4cccc2c4[nH]c13. The topological polar surface area (TPSA) is 72.0 Å². The molecule has 0 spiro atoms. The maximum Gasteiger partial charge on any atom is 0.236 e. The van der Waals surface area contributed by atoms with Crippen molar-refractivity contribution >= 4 is 104 Å². The van der Waals surface area contributed by atoms with Gasteiger partial charge in [0.1, 0.15) is 16.6 Å². The number of nitrogens with zero attached hydrogens (tertiary/aromatic N) is 4. The van der Waals surface area contributed by atoms with Gasteiger partial charge in [-0.15, -0.1) is 0 Å². The Morgan fingerprint density at radius 1 is 0.489 bits per heavy atom. The van der Waals surface area contributed by atoms with Crippen molar-refractivity contribution in [2.75, 3.05) is 0 Å². The number of hydrogen-bond donors (Lipinski definition) is 1. The molecule has 5 aromatic carbocycles. The lowest BCUT2D eigenvalue weighted by molar-refractivity contribution is 0.670. The number of aromatic nitrogens is 5. The van der Waals surface area contributed by atoms with Crippen molar-refractivity contribution in [1.29, 1.82) is 0 Å². The molecule has 11 aromatic rings. The fourth-order valence-corrected chi connectivity index (χ4v) is 7.32. The molecule has 208 valence electrons. The Labute approximate surface area is 253 Å². The number of benzene rings is 5. The lowest BCUT2D eigenvalue weighted by Crippen LogP contribution is -1.94. The number of fused-ring (bicyclic) bond motifs is 17. The predicted molar refractivity (Wildman–Crippen MR) is 184 cm³/mol. The summed E-state index contributed by atoms with van der Waals surface area (Å²) in [5, 5.41) is 8.89. The van der Waals surface area contributed by atoms with Crippen LogP contribution in [0.5, 0.6) is 0 Å². The van der Waals surface area contributed by atoms with E-state index < -0.39 is 0 Å². The maximum absolute atomic E-state index is 6.47. The highest BCUT2D eigenvalue weighted by Crippen LogP contribution is 2.37. The van der Waals surface area contributed by atoms with Gasteiger partial charge in [-0.3, -0.25) is 4.40 Å². The Balaban J connectivity index is 1.52. The number of hydrogen-bond acceptors (Lipinski definition) is 4. The molecule has 6 heterocycles. The van der Waals surface area contributed by atoms with E-state index in [4.69, 9.17) is 19.4 Å². The molecule has 0 aliphatic carbocycles. The summed E-state index contributed by atoms with van der Waals surface area (Å²) in [6, 6.07) is 42.3. The van der Waals surface area contributed by atoms with E-state index in [0.29, 0.717) is 16.9 Å². The summed E-state index contributed by atoms with van der Waals surface area (Å²) in [6.07, 6.45) is 0. The zero-order chi connectivity index (χ0) is 29.2. The number of rotatable bonds is 0. The van der Waals surface area contributed by atoms with Crippen LogP contribution < -0.4 is 0 Å². The van der Waals surface area contributed by atoms with Crippen LogP contribution in [0.15, 0.2) is 126 Å². The third kappa shape index (κ3) is 3.00. The van der Waals surface area contributed by atoms with Crippen LogP contribution in [0.4, 0.5) is 0 Å². The smallest absolute Gasteiger partial charge is 0.236 e. The second kappa shape index (κ2) is 8.21. The molecule has 0 unspecified atom stereocenters. The second-order valence-electron chi connectivity index (χ2n) is 11.7. The van der Waals surface area contributed by atoms with Gasteiger partial charge >= 0.3 is 0 Å². The van der Waals surface area contributed by atoms with Crippen LogP contribution >= 0.6 is 0 Å². The highest BCUT2D eigenvalue weighted by atomic mass is 16.3. The van der Waals surface area contributed by atoms with Gasteiger partial charge in [0.05, 0.1) is 33.1 Å². The lowest BCUT2D eigenvalue weighted by Gasteiger charge is -2.02. The monoisotopic (exact) mass is 575 g/mol. The van der Waals surface area contributed by atoms with Gasteiger partial charge in [-0.1, -0.05) is 84.9 Å². The van der Waals surface area contributed by atoms with Crippen molar-refractivity contribution in [2.45, 2.75) is 0 Å². The van der Waals surface area contributed by atoms with Crippen molar-refractivity contribution in [2.24, 2.45) is 0 Å². The van der Waals surface area contributed by atoms with E-state index in [9.17, 15) is 0 Å². The van der Waals surface area contributed by atoms with Crippen molar-refractivity contribution in [3.05, 3.63) is 121 Å². The average molecular weight is 576 g/mol. The highest BCUT2D eigenvalue weighted by Gasteiger charge is 2.17. The van der Waals surface area contributed by atoms with Crippen LogP contribution in [-0.4, -0.2) is 24.3 Å². The van der Waals surface area contributed by atoms with Gasteiger partial charge < -0.3 is 9.40 Å². The highest BCUT2D eigenvalue weighted by molar-refractivity contribution is 6.22. The first kappa shape index (κ1) is 23.2. The van der Waals surface area contributed by atoms with E-state index >= 15 is 0 Å². The van der Waals surface area contributed by atoms with E-state index in [1.807, 2.05) is 30.3 Å². The molecule has 0 fully saturated rings. The van der Waals surface area contributed by atoms with Crippen LogP contribution in [-0.2, 0) is 0 Å². The predicted octanol–water partition coefficient (Wildman–Crippen LogP) is 9.99. The van der Waals surface area contributed by atoms with Crippen molar-refractivity contribution < 1.29 is 4.42 Å². The second-order valence-corrected chi connectivity index (χ2v) is 11.7. The summed E-state index contributed by atoms with van der Waals surface area (Å²) in [4.78, 5) is 19.6. The lowest BCUT2D eigenvalue weighted by atomic mass is 10.1. The largest absolute Gasteiger partial charge is 0.452 e. The van der Waals surface area contributed by atoms with Crippen molar-refractivity contribution in [3.63, 3.8) is 0 Å². The quantitative estimate of drug-likeness (QED) is 0.195. The Morgan fingerprint density at radius 3 is 2.07 bits per heavy atom. The van der Waals surface area contributed by atoms with Gasteiger partial charge in [-0.25, -0.2) is 15.0 Å². The summed E-state index contributed by atoms with van der Waals surface area (Å²) in [5.74, 6) is 0.580. The van der Waals surface area contributed by atoms with Crippen LogP contribution in [0.1, 0.15) is 0 Å².